The van der Waals surface area contributed by atoms with Crippen molar-refractivity contribution in [3.8, 4) is 0 Å². The lowest BCUT2D eigenvalue weighted by atomic mass is 10.7. The Labute approximate surface area is 86.3 Å². The molecule has 0 saturated carbocycles. The van der Waals surface area contributed by atoms with E-state index in [1.54, 1.807) is 0 Å². The molecule has 0 fully saturated rings. The fourth-order valence-corrected chi connectivity index (χ4v) is 0. The van der Waals surface area contributed by atoms with Gasteiger partial charge in [-0.15, -0.1) is 10.1 Å². The van der Waals surface area contributed by atoms with E-state index in [0.29, 0.717) is 0 Å². The third kappa shape index (κ3) is 392. The molecule has 0 saturated heterocycles. The molecule has 106 valence electrons. The van der Waals surface area contributed by atoms with Crippen LogP contribution in [0, 0.1) is 10.1 Å². The van der Waals surface area contributed by atoms with Gasteiger partial charge in [0.1, 0.15) is 0 Å². The van der Waals surface area contributed by atoms with Gasteiger partial charge in [-0.2, -0.15) is 0 Å². The minimum atomic E-state index is -1.82. The third-order valence-electron chi connectivity index (χ3n) is 0.183. The molecule has 16 heavy (non-hydrogen) atoms. The minimum Gasteiger partial charge on any atom is -0.473 e. The molecule has 0 aliphatic heterocycles. The van der Waals surface area contributed by atoms with Gasteiger partial charge in [-0.3, -0.25) is 0 Å². The minimum absolute atomic E-state index is 0. The van der Waals surface area contributed by atoms with Crippen LogP contribution in [-0.4, -0.2) is 65.3 Å². The molecule has 15 N–H and O–H groups in total. The summed E-state index contributed by atoms with van der Waals surface area (Å²) in [6.45, 7) is 0. The zero-order valence-corrected chi connectivity index (χ0v) is 7.42. The van der Waals surface area contributed by atoms with Crippen molar-refractivity contribution >= 4 is 11.9 Å². The maximum Gasteiger partial charge on any atom is 0.414 e. The second kappa shape index (κ2) is 38.4. The van der Waals surface area contributed by atoms with E-state index in [2.05, 4.69) is 0 Å². The molecular formula is C2H15NO13. The van der Waals surface area contributed by atoms with Gasteiger partial charge >= 0.3 is 11.9 Å². The second-order valence-electron chi connectivity index (χ2n) is 0.848. The molecule has 0 atom stereocenters. The molecule has 0 aromatic heterocycles. The highest BCUT2D eigenvalue weighted by molar-refractivity contribution is 6.27. The zero-order valence-electron chi connectivity index (χ0n) is 7.42. The summed E-state index contributed by atoms with van der Waals surface area (Å²) < 4.78 is 0. The largest absolute Gasteiger partial charge is 0.473 e. The van der Waals surface area contributed by atoms with E-state index in [1.165, 1.54) is 0 Å². The van der Waals surface area contributed by atoms with Crippen LogP contribution in [0.25, 0.3) is 0 Å². The van der Waals surface area contributed by atoms with Gasteiger partial charge in [0, 0.05) is 0 Å². The summed E-state index contributed by atoms with van der Waals surface area (Å²) in [5.41, 5.74) is 0. The molecule has 14 nitrogen and oxygen atoms in total. The van der Waals surface area contributed by atoms with E-state index >= 15 is 0 Å². The first kappa shape index (κ1) is 66.4. The predicted molar refractivity (Wildman–Crippen MR) is 45.7 cm³/mol. The molecule has 0 aromatic carbocycles. The Hall–Kier alpha value is -2.10. The molecule has 0 aliphatic rings. The van der Waals surface area contributed by atoms with Gasteiger partial charge in [0.25, 0.3) is 5.09 Å². The maximum absolute atomic E-state index is 9.10. The third-order valence-corrected chi connectivity index (χ3v) is 0.183. The Bertz CT molecular complexity index is 136. The number of carbonyl (C=O) groups is 2. The lowest BCUT2D eigenvalue weighted by Gasteiger charge is -1.72. The molecule has 0 bridgehead atoms. The Morgan fingerprint density at radius 1 is 0.812 bits per heavy atom. The lowest BCUT2D eigenvalue weighted by Crippen LogP contribution is -2.09. The van der Waals surface area contributed by atoms with Gasteiger partial charge in [-0.1, -0.05) is 0 Å². The quantitative estimate of drug-likeness (QED) is 0.214. The monoisotopic (exact) mass is 261 g/mol. The van der Waals surface area contributed by atoms with Crippen LogP contribution in [0.2, 0.25) is 0 Å². The van der Waals surface area contributed by atoms with Crippen LogP contribution in [0.15, 0.2) is 0 Å². The first-order valence-corrected chi connectivity index (χ1v) is 1.67. The summed E-state index contributed by atoms with van der Waals surface area (Å²) >= 11 is 0. The van der Waals surface area contributed by atoms with E-state index in [0.717, 1.165) is 0 Å². The Balaban J connectivity index is -0.00000001000. The summed E-state index contributed by atoms with van der Waals surface area (Å²) in [4.78, 5) is 26.6. The van der Waals surface area contributed by atoms with Gasteiger partial charge in [-0.25, -0.2) is 9.59 Å². The molecule has 0 heterocycles. The van der Waals surface area contributed by atoms with E-state index in [4.69, 9.17) is 35.1 Å². The maximum atomic E-state index is 9.10. The lowest BCUT2D eigenvalue weighted by molar-refractivity contribution is -0.742. The standard InChI is InChI=1S/C2H2O4.HNO3.6H2O/c3-1(4)2(5)6;2-1(3)4;;;;;;/h(H,3,4)(H,5,6);(H,2,3,4);6*1H2. The van der Waals surface area contributed by atoms with E-state index in [-0.39, 0.29) is 32.9 Å². The first-order chi connectivity index (χ1) is 4.37. The van der Waals surface area contributed by atoms with E-state index < -0.39 is 17.0 Å². The number of nitrogens with zero attached hydrogens (tertiary/aromatic N) is 1. The Morgan fingerprint density at radius 2 is 0.875 bits per heavy atom. The number of hydrogen-bond donors (Lipinski definition) is 3. The van der Waals surface area contributed by atoms with Crippen molar-refractivity contribution < 1.29 is 63.0 Å². The number of hydrogen-bond acceptors (Lipinski definition) is 4. The number of rotatable bonds is 0. The van der Waals surface area contributed by atoms with Gasteiger partial charge in [-0.05, 0) is 0 Å². The van der Waals surface area contributed by atoms with E-state index in [1.807, 2.05) is 0 Å². The van der Waals surface area contributed by atoms with Crippen LogP contribution in [-0.2, 0) is 9.59 Å². The van der Waals surface area contributed by atoms with Crippen LogP contribution >= 0.6 is 0 Å². The topological polar surface area (TPSA) is 327 Å². The van der Waals surface area contributed by atoms with Gasteiger partial charge in [0.05, 0.1) is 0 Å². The summed E-state index contributed by atoms with van der Waals surface area (Å²) in [5, 5.41) is 28.4. The van der Waals surface area contributed by atoms with Crippen molar-refractivity contribution in [2.45, 2.75) is 0 Å². The molecule has 0 unspecified atom stereocenters. The van der Waals surface area contributed by atoms with E-state index in [9.17, 15) is 0 Å². The molecule has 0 spiro atoms. The summed E-state index contributed by atoms with van der Waals surface area (Å²) in [5.74, 6) is -3.65. The van der Waals surface area contributed by atoms with Crippen molar-refractivity contribution in [1.82, 2.24) is 0 Å². The SMILES string of the molecule is O.O.O.O.O.O.O=C(O)C(=O)O.O=[N+]([O-])O. The average Bonchev–Trinajstić information content (AvgIpc) is 1.63. The van der Waals surface area contributed by atoms with Crippen LogP contribution in [0.3, 0.4) is 0 Å². The fraction of sp³-hybridized carbons (Fsp3) is 0. The molecule has 0 rings (SSSR count). The summed E-state index contributed by atoms with van der Waals surface area (Å²) in [6.07, 6.45) is 0. The molecule has 0 aromatic rings. The number of aliphatic carboxylic acids is 2. The van der Waals surface area contributed by atoms with Crippen molar-refractivity contribution in [3.63, 3.8) is 0 Å². The molecule has 0 radical (unpaired) electrons. The number of carboxylic acid groups (broad SMARTS) is 2. The highest BCUT2D eigenvalue weighted by Crippen LogP contribution is 1.56. The van der Waals surface area contributed by atoms with Crippen LogP contribution in [0.5, 0.6) is 0 Å². The van der Waals surface area contributed by atoms with Crippen molar-refractivity contribution in [3.05, 3.63) is 10.1 Å². The van der Waals surface area contributed by atoms with Crippen LogP contribution in [0.1, 0.15) is 0 Å². The highest BCUT2D eigenvalue weighted by Gasteiger charge is 2.04. The number of carboxylic acids is 2. The average molecular weight is 261 g/mol. The summed E-state index contributed by atoms with van der Waals surface area (Å²) in [6, 6.07) is 0. The van der Waals surface area contributed by atoms with Crippen molar-refractivity contribution in [2.24, 2.45) is 0 Å². The molecule has 0 amide bonds. The van der Waals surface area contributed by atoms with Crippen molar-refractivity contribution in [1.29, 1.82) is 0 Å². The second-order valence-corrected chi connectivity index (χ2v) is 0.848. The van der Waals surface area contributed by atoms with Gasteiger partial charge in [0.2, 0.25) is 0 Å². The Kier molecular flexibility index (Phi) is 159. The predicted octanol–water partition coefficient (Wildman–Crippen LogP) is -6.14. The van der Waals surface area contributed by atoms with Crippen LogP contribution < -0.4 is 0 Å². The Morgan fingerprint density at radius 3 is 0.875 bits per heavy atom. The zero-order chi connectivity index (χ0) is 8.73. The summed E-state index contributed by atoms with van der Waals surface area (Å²) in [7, 11) is 0. The highest BCUT2D eigenvalue weighted by atomic mass is 16.9. The fourth-order valence-electron chi connectivity index (χ4n) is 0. The van der Waals surface area contributed by atoms with Crippen molar-refractivity contribution in [2.75, 3.05) is 0 Å². The molecule has 14 heteroatoms. The first-order valence-electron chi connectivity index (χ1n) is 1.67. The normalized spacial score (nSPS) is 4.25. The van der Waals surface area contributed by atoms with Crippen LogP contribution in [0.4, 0.5) is 0 Å². The van der Waals surface area contributed by atoms with Gasteiger partial charge in [0.15, 0.2) is 0 Å². The molecule has 0 aliphatic carbocycles. The van der Waals surface area contributed by atoms with Gasteiger partial charge < -0.3 is 48.3 Å². The smallest absolute Gasteiger partial charge is 0.414 e. The molecular weight excluding hydrogens is 246 g/mol.